The fourth-order valence-corrected chi connectivity index (χ4v) is 8.61. The summed E-state index contributed by atoms with van der Waals surface area (Å²) in [5.41, 5.74) is 1.43. The third-order valence-corrected chi connectivity index (χ3v) is 10.7. The van der Waals surface area contributed by atoms with Crippen LogP contribution in [0.1, 0.15) is 63.0 Å². The lowest BCUT2D eigenvalue weighted by atomic mass is 9.55. The molecule has 3 amide bonds. The van der Waals surface area contributed by atoms with E-state index >= 15 is 0 Å². The number of aromatic nitrogens is 1. The zero-order valence-electron chi connectivity index (χ0n) is 27.2. The van der Waals surface area contributed by atoms with E-state index in [1.807, 2.05) is 60.8 Å². The molecule has 2 aromatic carbocycles. The van der Waals surface area contributed by atoms with Crippen LogP contribution >= 0.6 is 0 Å². The lowest BCUT2D eigenvalue weighted by Crippen LogP contribution is -2.62. The van der Waals surface area contributed by atoms with Gasteiger partial charge in [0.1, 0.15) is 11.6 Å². The summed E-state index contributed by atoms with van der Waals surface area (Å²) in [5.74, 6) is 0.497. The molecule has 2 unspecified atom stereocenters. The van der Waals surface area contributed by atoms with Gasteiger partial charge in [0.25, 0.3) is 0 Å². The molecule has 4 N–H and O–H groups in total. The van der Waals surface area contributed by atoms with Crippen molar-refractivity contribution in [2.24, 2.45) is 23.7 Å². The predicted molar refractivity (Wildman–Crippen MR) is 177 cm³/mol. The van der Waals surface area contributed by atoms with Crippen LogP contribution in [0.25, 0.3) is 10.9 Å². The number of aromatic amines is 1. The first-order valence-corrected chi connectivity index (χ1v) is 16.9. The van der Waals surface area contributed by atoms with Crippen molar-refractivity contribution in [3.05, 3.63) is 71.9 Å². The van der Waals surface area contributed by atoms with Gasteiger partial charge in [-0.2, -0.15) is 0 Å². The maximum Gasteiger partial charge on any atom is 0.408 e. The quantitative estimate of drug-likeness (QED) is 0.205. The Labute approximate surface area is 275 Å². The Bertz CT molecular complexity index is 1580. The van der Waals surface area contributed by atoms with Crippen molar-refractivity contribution in [2.75, 3.05) is 13.6 Å². The number of alkyl carbamates (subject to hydrolysis) is 1. The van der Waals surface area contributed by atoms with E-state index in [0.29, 0.717) is 18.3 Å². The Hall–Kier alpha value is -4.34. The molecule has 4 aliphatic rings. The second kappa shape index (κ2) is 13.8. The zero-order chi connectivity index (χ0) is 33.1. The first-order chi connectivity index (χ1) is 22.6. The highest BCUT2D eigenvalue weighted by Crippen LogP contribution is 2.54. The minimum absolute atomic E-state index is 0.122. The maximum atomic E-state index is 14.6. The van der Waals surface area contributed by atoms with Gasteiger partial charge in [0.2, 0.25) is 11.8 Å². The number of carbonyl (C=O) groups excluding carboxylic acids is 3. The van der Waals surface area contributed by atoms with Crippen LogP contribution < -0.4 is 10.6 Å². The Morgan fingerprint density at radius 1 is 0.957 bits per heavy atom. The molecule has 1 heterocycles. The summed E-state index contributed by atoms with van der Waals surface area (Å²) in [6, 6.07) is 17.1. The summed E-state index contributed by atoms with van der Waals surface area (Å²) in [7, 11) is 1.69. The van der Waals surface area contributed by atoms with E-state index in [1.165, 1.54) is 6.42 Å². The standard InChI is InChI=1S/C37H46N4O6/c1-37(20-28-21-38-31-11-7-6-10-30(28)31,40-36(46)47-34-26-15-24-14-25(17-26)18-27(34)16-24)35(45)41(2)29(19-23-8-4-3-5-9-23)22-39-32(42)12-13-33(43)44/h3-11,21,24-27,29,34,38H,12-20,22H2,1-2H3,(H,39,42)(H,40,46)(H,43,44). The molecular weight excluding hydrogens is 596 g/mol. The number of fused-ring (bicyclic) bond motifs is 1. The summed E-state index contributed by atoms with van der Waals surface area (Å²) < 4.78 is 6.21. The smallest absolute Gasteiger partial charge is 0.408 e. The van der Waals surface area contributed by atoms with Crippen molar-refractivity contribution in [3.8, 4) is 0 Å². The van der Waals surface area contributed by atoms with Gasteiger partial charge in [-0.15, -0.1) is 0 Å². The Morgan fingerprint density at radius 2 is 1.62 bits per heavy atom. The minimum Gasteiger partial charge on any atom is -0.481 e. The van der Waals surface area contributed by atoms with E-state index in [4.69, 9.17) is 9.84 Å². The molecular formula is C37H46N4O6. The number of rotatable bonds is 13. The van der Waals surface area contributed by atoms with Crippen LogP contribution in [0, 0.1) is 23.7 Å². The number of likely N-dealkylation sites (N-methyl/N-ethyl adjacent to an activating group) is 1. The van der Waals surface area contributed by atoms with Gasteiger partial charge in [-0.3, -0.25) is 14.4 Å². The predicted octanol–water partition coefficient (Wildman–Crippen LogP) is 5.07. The van der Waals surface area contributed by atoms with Crippen molar-refractivity contribution in [1.82, 2.24) is 20.5 Å². The second-order valence-corrected chi connectivity index (χ2v) is 14.3. The number of hydrogen-bond donors (Lipinski definition) is 4. The number of carboxylic acid groups (broad SMARTS) is 1. The van der Waals surface area contributed by atoms with Crippen LogP contribution in [0.15, 0.2) is 60.8 Å². The summed E-state index contributed by atoms with van der Waals surface area (Å²) in [6.45, 7) is 1.87. The van der Waals surface area contributed by atoms with Gasteiger partial charge >= 0.3 is 12.1 Å². The number of ether oxygens (including phenoxy) is 1. The van der Waals surface area contributed by atoms with Crippen molar-refractivity contribution in [1.29, 1.82) is 0 Å². The average Bonchev–Trinajstić information content (AvgIpc) is 3.45. The Kier molecular flexibility index (Phi) is 9.57. The first kappa shape index (κ1) is 32.6. The van der Waals surface area contributed by atoms with Crippen LogP contribution in [0.4, 0.5) is 4.79 Å². The molecule has 10 heteroatoms. The fourth-order valence-electron chi connectivity index (χ4n) is 8.61. The summed E-state index contributed by atoms with van der Waals surface area (Å²) in [6.07, 6.45) is 7.17. The summed E-state index contributed by atoms with van der Waals surface area (Å²) in [5, 5.41) is 15.8. The van der Waals surface area contributed by atoms with Gasteiger partial charge in [0, 0.05) is 43.5 Å². The first-order valence-electron chi connectivity index (χ1n) is 16.9. The van der Waals surface area contributed by atoms with Crippen molar-refractivity contribution in [3.63, 3.8) is 0 Å². The largest absolute Gasteiger partial charge is 0.481 e. The number of carboxylic acids is 1. The van der Waals surface area contributed by atoms with Gasteiger partial charge in [-0.1, -0.05) is 48.5 Å². The number of nitrogens with one attached hydrogen (secondary N) is 3. The number of hydrogen-bond acceptors (Lipinski definition) is 5. The fraction of sp³-hybridized carbons (Fsp3) is 0.514. The number of carbonyl (C=O) groups is 4. The van der Waals surface area contributed by atoms with E-state index in [-0.39, 0.29) is 37.8 Å². The van der Waals surface area contributed by atoms with Crippen molar-refractivity contribution >= 4 is 34.8 Å². The molecule has 1 aromatic heterocycles. The highest BCUT2D eigenvalue weighted by Gasteiger charge is 2.50. The minimum atomic E-state index is -1.37. The van der Waals surface area contributed by atoms with Crippen LogP contribution in [0.3, 0.4) is 0 Å². The van der Waals surface area contributed by atoms with Crippen LogP contribution in [-0.4, -0.2) is 70.1 Å². The van der Waals surface area contributed by atoms with Gasteiger partial charge < -0.3 is 30.4 Å². The molecule has 10 nitrogen and oxygen atoms in total. The van der Waals surface area contributed by atoms with Crippen LogP contribution in [-0.2, 0) is 32.0 Å². The second-order valence-electron chi connectivity index (χ2n) is 14.3. The van der Waals surface area contributed by atoms with Gasteiger partial charge in [0.15, 0.2) is 0 Å². The maximum absolute atomic E-state index is 14.6. The number of nitrogens with zero attached hydrogens (tertiary/aromatic N) is 1. The SMILES string of the molecule is CN(C(=O)C(C)(Cc1c[nH]c2ccccc12)NC(=O)OC1C2CC3CC(C2)CC1C3)C(CNC(=O)CCC(=O)O)Cc1ccccc1. The molecule has 7 rings (SSSR count). The number of amides is 3. The van der Waals surface area contributed by atoms with Gasteiger partial charge in [0.05, 0.1) is 12.5 Å². The average molecular weight is 643 g/mol. The third kappa shape index (κ3) is 7.47. The monoisotopic (exact) mass is 642 g/mol. The lowest BCUT2D eigenvalue weighted by Gasteiger charge is -2.53. The normalized spacial score (nSPS) is 24.7. The molecule has 47 heavy (non-hydrogen) atoms. The molecule has 0 radical (unpaired) electrons. The Morgan fingerprint density at radius 3 is 2.30 bits per heavy atom. The number of H-pyrrole nitrogens is 1. The molecule has 0 saturated heterocycles. The number of aliphatic carboxylic acids is 1. The van der Waals surface area contributed by atoms with E-state index in [2.05, 4.69) is 15.6 Å². The third-order valence-electron chi connectivity index (χ3n) is 10.7. The highest BCUT2D eigenvalue weighted by molar-refractivity contribution is 5.92. The summed E-state index contributed by atoms with van der Waals surface area (Å²) >= 11 is 0. The number of benzene rings is 2. The molecule has 4 fully saturated rings. The molecule has 4 saturated carbocycles. The summed E-state index contributed by atoms with van der Waals surface area (Å²) in [4.78, 5) is 56.8. The highest BCUT2D eigenvalue weighted by atomic mass is 16.6. The number of para-hydroxylation sites is 1. The molecule has 250 valence electrons. The molecule has 2 atom stereocenters. The topological polar surface area (TPSA) is 141 Å². The molecule has 4 bridgehead atoms. The van der Waals surface area contributed by atoms with E-state index < -0.39 is 29.6 Å². The van der Waals surface area contributed by atoms with Crippen LogP contribution in [0.2, 0.25) is 0 Å². The van der Waals surface area contributed by atoms with Crippen LogP contribution in [0.5, 0.6) is 0 Å². The van der Waals surface area contributed by atoms with Crippen molar-refractivity contribution in [2.45, 2.75) is 82.4 Å². The van der Waals surface area contributed by atoms with Gasteiger partial charge in [-0.05, 0) is 86.3 Å². The van der Waals surface area contributed by atoms with Crippen molar-refractivity contribution < 1.29 is 29.0 Å². The van der Waals surface area contributed by atoms with E-state index in [9.17, 15) is 19.2 Å². The van der Waals surface area contributed by atoms with E-state index in [1.54, 1.807) is 18.9 Å². The Balaban J connectivity index is 1.24. The molecule has 0 spiro atoms. The molecule has 0 aliphatic heterocycles. The van der Waals surface area contributed by atoms with Gasteiger partial charge in [-0.25, -0.2) is 4.79 Å². The zero-order valence-corrected chi connectivity index (χ0v) is 27.2. The lowest BCUT2D eigenvalue weighted by molar-refractivity contribution is -0.139. The molecule has 3 aromatic rings. The van der Waals surface area contributed by atoms with E-state index in [0.717, 1.165) is 59.5 Å². The molecule has 4 aliphatic carbocycles.